The first kappa shape index (κ1) is 49.2. The van der Waals surface area contributed by atoms with E-state index in [0.29, 0.717) is 65.1 Å². The van der Waals surface area contributed by atoms with E-state index in [2.05, 4.69) is 4.85 Å². The van der Waals surface area contributed by atoms with Crippen molar-refractivity contribution in [1.29, 1.82) is 5.26 Å². The van der Waals surface area contributed by atoms with Crippen molar-refractivity contribution < 1.29 is 51.8 Å². The lowest BCUT2D eigenvalue weighted by molar-refractivity contribution is -0.159. The molecule has 1 N–H and O–H groups in total. The van der Waals surface area contributed by atoms with E-state index in [-0.39, 0.29) is 56.5 Å². The summed E-state index contributed by atoms with van der Waals surface area (Å²) in [6, 6.07) is 22.4. The summed E-state index contributed by atoms with van der Waals surface area (Å²) in [6.45, 7) is 13.0. The molecule has 3 aromatic carbocycles. The number of ether oxygens (including phenoxy) is 3. The molecule has 0 spiro atoms. The second-order valence-electron chi connectivity index (χ2n) is 15.8. The minimum atomic E-state index is -2.90. The van der Waals surface area contributed by atoms with E-state index in [1.54, 1.807) is 25.1 Å². The number of aliphatic hydroxyl groups is 1. The number of nitriles is 1. The maximum Gasteiger partial charge on any atom is 0.500 e. The zero-order valence-corrected chi connectivity index (χ0v) is 37.8. The first-order valence-corrected chi connectivity index (χ1v) is 22.8. The number of methoxy groups -OCH3 is 1. The molecule has 0 aliphatic heterocycles. The Hall–Kier alpha value is -5.48. The Labute approximate surface area is 366 Å². The zero-order chi connectivity index (χ0) is 45.5. The van der Waals surface area contributed by atoms with Gasteiger partial charge in [-0.05, 0) is 85.3 Å². The van der Waals surface area contributed by atoms with Crippen LogP contribution in [0.1, 0.15) is 104 Å². The van der Waals surface area contributed by atoms with E-state index in [9.17, 15) is 29.5 Å². The molecule has 4 atom stereocenters. The number of nitrogens with zero attached hydrogens (tertiary/aromatic N) is 2. The predicted octanol–water partition coefficient (Wildman–Crippen LogP) is 8.47. The van der Waals surface area contributed by atoms with E-state index < -0.39 is 44.0 Å². The third-order valence-corrected chi connectivity index (χ3v) is 14.6. The minimum Gasteiger partial charge on any atom is -0.469 e. The molecule has 0 amide bonds. The molecule has 4 unspecified atom stereocenters. The van der Waals surface area contributed by atoms with Crippen molar-refractivity contribution >= 4 is 38.1 Å². The summed E-state index contributed by atoms with van der Waals surface area (Å²) in [6.07, 6.45) is 2.21. The van der Waals surface area contributed by atoms with Crippen molar-refractivity contribution in [2.45, 2.75) is 84.3 Å². The number of carbonyl (C=O) groups is 4. The molecule has 1 aliphatic rings. The van der Waals surface area contributed by atoms with Gasteiger partial charge in [0.1, 0.15) is 12.4 Å². The van der Waals surface area contributed by atoms with Crippen LogP contribution in [0.5, 0.6) is 0 Å². The highest BCUT2D eigenvalue weighted by Gasteiger charge is 2.43. The number of aliphatic hydroxyl groups excluding tert-OH is 1. The average molecular weight is 867 g/mol. The molecule has 62 heavy (non-hydrogen) atoms. The lowest BCUT2D eigenvalue weighted by Gasteiger charge is -2.34. The lowest BCUT2D eigenvalue weighted by atomic mass is 9.70. The Kier molecular flexibility index (Phi) is 18.3. The first-order chi connectivity index (χ1) is 29.8. The van der Waals surface area contributed by atoms with Crippen LogP contribution in [0.25, 0.3) is 21.5 Å². The average Bonchev–Trinajstić information content (AvgIpc) is 3.63. The Morgan fingerprint density at radius 2 is 1.55 bits per heavy atom. The van der Waals surface area contributed by atoms with Crippen LogP contribution in [0.2, 0.25) is 6.04 Å². The van der Waals surface area contributed by atoms with Gasteiger partial charge in [0.25, 0.3) is 5.70 Å². The fraction of sp³-hybridized carbons (Fsp3) is 0.458. The second-order valence-corrected chi connectivity index (χ2v) is 18.9. The number of allylic oxidation sites excluding steroid dienone is 1. The third kappa shape index (κ3) is 11.7. The quantitative estimate of drug-likeness (QED) is 0.0178. The minimum absolute atomic E-state index is 0.00416. The summed E-state index contributed by atoms with van der Waals surface area (Å²) >= 11 is 0. The number of carbonyl (C=O) groups excluding carboxylic acids is 4. The van der Waals surface area contributed by atoms with Gasteiger partial charge < -0.3 is 32.6 Å². The number of benzene rings is 3. The van der Waals surface area contributed by atoms with Crippen molar-refractivity contribution in [3.05, 3.63) is 112 Å². The molecule has 0 radical (unpaired) electrons. The van der Waals surface area contributed by atoms with E-state index in [1.807, 2.05) is 68.4 Å². The summed E-state index contributed by atoms with van der Waals surface area (Å²) in [5.41, 5.74) is 3.76. The van der Waals surface area contributed by atoms with E-state index in [1.165, 1.54) is 28.4 Å². The molecule has 13 nitrogen and oxygen atoms in total. The van der Waals surface area contributed by atoms with Crippen LogP contribution in [0.3, 0.4) is 0 Å². The van der Waals surface area contributed by atoms with Crippen molar-refractivity contribution in [1.82, 2.24) is 0 Å². The monoisotopic (exact) mass is 866 g/mol. The third-order valence-electron chi connectivity index (χ3n) is 11.8. The molecular weight excluding hydrogens is 809 g/mol. The van der Waals surface area contributed by atoms with Gasteiger partial charge in [-0.2, -0.15) is 0 Å². The number of fused-ring (bicyclic) bond motifs is 3. The molecule has 0 saturated heterocycles. The summed E-state index contributed by atoms with van der Waals surface area (Å²) < 4.78 is 33.4. The van der Waals surface area contributed by atoms with Crippen LogP contribution in [-0.4, -0.2) is 79.3 Å². The van der Waals surface area contributed by atoms with E-state index >= 15 is 0 Å². The first-order valence-electron chi connectivity index (χ1n) is 20.8. The number of rotatable bonds is 24. The summed E-state index contributed by atoms with van der Waals surface area (Å²) in [5, 5.41) is 19.1. The highest BCUT2D eigenvalue weighted by atomic mass is 28.4. The topological polar surface area (TPSA) is 172 Å². The molecule has 14 heteroatoms. The second kappa shape index (κ2) is 23.1. The fourth-order valence-electron chi connectivity index (χ4n) is 8.27. The van der Waals surface area contributed by atoms with Crippen LogP contribution in [0.15, 0.2) is 72.4 Å². The highest BCUT2D eigenvalue weighted by molar-refractivity contribution is 6.60. The molecule has 4 rings (SSSR count). The van der Waals surface area contributed by atoms with Crippen LogP contribution in [0, 0.1) is 35.2 Å². The summed E-state index contributed by atoms with van der Waals surface area (Å²) in [5.74, 6) is -2.82. The zero-order valence-electron chi connectivity index (χ0n) is 36.8. The van der Waals surface area contributed by atoms with E-state index in [4.69, 9.17) is 34.1 Å². The predicted molar refractivity (Wildman–Crippen MR) is 234 cm³/mol. The van der Waals surface area contributed by atoms with Gasteiger partial charge in [0.05, 0.1) is 43.3 Å². The van der Waals surface area contributed by atoms with E-state index in [0.717, 1.165) is 11.1 Å². The Bertz CT molecular complexity index is 2150. The van der Waals surface area contributed by atoms with Gasteiger partial charge >= 0.3 is 26.7 Å². The molecule has 330 valence electrons. The number of ketones is 1. The maximum absolute atomic E-state index is 14.2. The standard InChI is InChI=1S/C48H58N2O11Si/c1-9-34(45(53)56-5)28-48(3,47(55)60-25-14-26-62(57-6,58-7)59-8)29-36(27-32(2)42(52)19-13-24-51)35-22-20-33(21-23-35)31-61-46(54)40-18-12-17-39-43(40)37-15-10-11-16-38(37)44(39)41(30-49)50-4/h10-12,15-18,20-23,32,34,36,51H,9,13-14,19,24-29,31H2,1-3,5-8H3/b44-41+. The summed E-state index contributed by atoms with van der Waals surface area (Å²) in [7, 11) is 2.97. The number of hydrogen-bond acceptors (Lipinski definition) is 12. The maximum atomic E-state index is 14.2. The summed E-state index contributed by atoms with van der Waals surface area (Å²) in [4.78, 5) is 57.5. The molecule has 0 saturated carbocycles. The number of hydrogen-bond donors (Lipinski definition) is 1. The number of Topliss-reactive ketones (excluding diaryl/α,β-unsaturated/α-hetero) is 1. The van der Waals surface area contributed by atoms with Gasteiger partial charge in [-0.3, -0.25) is 14.4 Å². The van der Waals surface area contributed by atoms with Crippen molar-refractivity contribution in [2.75, 3.05) is 41.7 Å². The molecule has 0 bridgehead atoms. The van der Waals surface area contributed by atoms with Gasteiger partial charge in [-0.15, -0.1) is 0 Å². The van der Waals surface area contributed by atoms with Crippen LogP contribution >= 0.6 is 0 Å². The molecule has 0 heterocycles. The largest absolute Gasteiger partial charge is 0.500 e. The SMILES string of the molecule is [C-]#[N+]/C(C#N)=C1\c2ccccc2-c2c(C(=O)OCc3ccc(C(CC(C)C(=O)CCCO)CC(C)(CC(CC)C(=O)OC)C(=O)OCCC[Si](OC)(OC)OC)cc3)cccc21. The highest BCUT2D eigenvalue weighted by Crippen LogP contribution is 2.48. The molecular formula is C48H58N2O11Si. The van der Waals surface area contributed by atoms with Crippen LogP contribution in [-0.2, 0) is 48.5 Å². The van der Waals surface area contributed by atoms with Crippen LogP contribution < -0.4 is 0 Å². The van der Waals surface area contributed by atoms with Gasteiger partial charge in [0, 0.05) is 57.5 Å². The Morgan fingerprint density at radius 3 is 2.15 bits per heavy atom. The fourth-order valence-corrected chi connectivity index (χ4v) is 9.96. The van der Waals surface area contributed by atoms with Crippen molar-refractivity contribution in [3.63, 3.8) is 0 Å². The molecule has 3 aromatic rings. The Balaban J connectivity index is 1.62. The molecule has 1 aliphatic carbocycles. The van der Waals surface area contributed by atoms with Crippen LogP contribution in [0.4, 0.5) is 0 Å². The van der Waals surface area contributed by atoms with Gasteiger partial charge in [-0.25, -0.2) is 14.9 Å². The normalized spacial score (nSPS) is 15.1. The van der Waals surface area contributed by atoms with Crippen molar-refractivity contribution in [2.24, 2.45) is 17.3 Å². The Morgan fingerprint density at radius 1 is 0.887 bits per heavy atom. The molecule has 0 fully saturated rings. The van der Waals surface area contributed by atoms with Crippen molar-refractivity contribution in [3.8, 4) is 17.2 Å². The van der Waals surface area contributed by atoms with Gasteiger partial charge in [0.15, 0.2) is 0 Å². The molecule has 0 aromatic heterocycles. The number of esters is 3. The lowest BCUT2D eigenvalue weighted by Crippen LogP contribution is -2.43. The van der Waals surface area contributed by atoms with Gasteiger partial charge in [0.2, 0.25) is 0 Å². The smallest absolute Gasteiger partial charge is 0.469 e. The van der Waals surface area contributed by atoms with Gasteiger partial charge in [-0.1, -0.05) is 74.5 Å².